The standard InChI is InChI=1S/C20H27F3N6O2.HI/c1-3-24-18(28-15-6-4-7-16(14-15)31-13-5-12-30-2)26-10-11-27-19-25-9-8-17(29-19)20(21,22)23;/h4,6-9,14H,3,5,10-13H2,1-2H3,(H2,24,26,28)(H,25,27,29);1H. The molecule has 3 N–H and O–H groups in total. The highest BCUT2D eigenvalue weighted by molar-refractivity contribution is 14.0. The van der Waals surface area contributed by atoms with Gasteiger partial charge in [0.25, 0.3) is 0 Å². The third-order valence-electron chi connectivity index (χ3n) is 3.81. The predicted octanol–water partition coefficient (Wildman–Crippen LogP) is 4.02. The lowest BCUT2D eigenvalue weighted by Crippen LogP contribution is -2.31. The van der Waals surface area contributed by atoms with E-state index < -0.39 is 11.9 Å². The molecule has 1 aromatic heterocycles. The maximum atomic E-state index is 12.7. The summed E-state index contributed by atoms with van der Waals surface area (Å²) < 4.78 is 48.8. The predicted molar refractivity (Wildman–Crippen MR) is 129 cm³/mol. The molecule has 32 heavy (non-hydrogen) atoms. The van der Waals surface area contributed by atoms with Crippen LogP contribution in [0.3, 0.4) is 0 Å². The van der Waals surface area contributed by atoms with Crippen LogP contribution < -0.4 is 20.7 Å². The third-order valence-corrected chi connectivity index (χ3v) is 3.81. The molecule has 2 rings (SSSR count). The number of nitrogens with one attached hydrogen (secondary N) is 3. The second-order valence-corrected chi connectivity index (χ2v) is 6.30. The molecule has 0 saturated carbocycles. The van der Waals surface area contributed by atoms with Gasteiger partial charge in [-0.05, 0) is 25.1 Å². The van der Waals surface area contributed by atoms with Crippen LogP contribution in [0.2, 0.25) is 0 Å². The Morgan fingerprint density at radius 1 is 1.19 bits per heavy atom. The Kier molecular flexibility index (Phi) is 12.7. The molecule has 178 valence electrons. The summed E-state index contributed by atoms with van der Waals surface area (Å²) in [6.45, 7) is 4.32. The van der Waals surface area contributed by atoms with Gasteiger partial charge >= 0.3 is 6.18 Å². The molecule has 2 aromatic rings. The zero-order chi connectivity index (χ0) is 22.5. The van der Waals surface area contributed by atoms with Crippen molar-refractivity contribution in [1.82, 2.24) is 15.3 Å². The fraction of sp³-hybridized carbons (Fsp3) is 0.450. The van der Waals surface area contributed by atoms with Gasteiger partial charge in [0, 0.05) is 51.2 Å². The minimum atomic E-state index is -4.51. The lowest BCUT2D eigenvalue weighted by molar-refractivity contribution is -0.141. The Hall–Kier alpha value is -2.35. The Morgan fingerprint density at radius 2 is 2.00 bits per heavy atom. The van der Waals surface area contributed by atoms with E-state index >= 15 is 0 Å². The molecule has 0 bridgehead atoms. The number of methoxy groups -OCH3 is 1. The molecule has 1 heterocycles. The van der Waals surface area contributed by atoms with Crippen molar-refractivity contribution in [2.45, 2.75) is 19.5 Å². The average molecular weight is 568 g/mol. The summed E-state index contributed by atoms with van der Waals surface area (Å²) in [6, 6.07) is 8.29. The van der Waals surface area contributed by atoms with E-state index in [9.17, 15) is 13.2 Å². The summed E-state index contributed by atoms with van der Waals surface area (Å²) >= 11 is 0. The molecule has 0 saturated heterocycles. The summed E-state index contributed by atoms with van der Waals surface area (Å²) in [5.74, 6) is 1.16. The first kappa shape index (κ1) is 27.7. The van der Waals surface area contributed by atoms with E-state index in [1.54, 1.807) is 7.11 Å². The number of aliphatic imine (C=N–C) groups is 1. The van der Waals surface area contributed by atoms with E-state index in [1.807, 2.05) is 31.2 Å². The van der Waals surface area contributed by atoms with Gasteiger partial charge in [0.05, 0.1) is 13.2 Å². The van der Waals surface area contributed by atoms with E-state index in [-0.39, 0.29) is 36.5 Å². The number of aromatic nitrogens is 2. The van der Waals surface area contributed by atoms with E-state index in [1.165, 1.54) is 0 Å². The number of ether oxygens (including phenoxy) is 2. The van der Waals surface area contributed by atoms with Gasteiger partial charge in [0.1, 0.15) is 11.4 Å². The lowest BCUT2D eigenvalue weighted by Gasteiger charge is -2.13. The molecule has 0 atom stereocenters. The Morgan fingerprint density at radius 3 is 2.72 bits per heavy atom. The number of hydrogen-bond donors (Lipinski definition) is 3. The van der Waals surface area contributed by atoms with Crippen LogP contribution in [0, 0.1) is 0 Å². The first-order valence-electron chi connectivity index (χ1n) is 9.83. The van der Waals surface area contributed by atoms with E-state index in [0.717, 1.165) is 30.1 Å². The van der Waals surface area contributed by atoms with Crippen LogP contribution in [-0.2, 0) is 10.9 Å². The van der Waals surface area contributed by atoms with Gasteiger partial charge < -0.3 is 25.4 Å². The van der Waals surface area contributed by atoms with E-state index in [0.29, 0.717) is 32.3 Å². The SMILES string of the molecule is CCNC(=NCCNc1nccc(C(F)(F)F)n1)Nc1cccc(OCCCOC)c1.I. The minimum Gasteiger partial charge on any atom is -0.493 e. The lowest BCUT2D eigenvalue weighted by atomic mass is 10.3. The molecule has 12 heteroatoms. The molecule has 0 amide bonds. The first-order chi connectivity index (χ1) is 14.9. The summed E-state index contributed by atoms with van der Waals surface area (Å²) in [5, 5.41) is 9.03. The van der Waals surface area contributed by atoms with Gasteiger partial charge in [-0.1, -0.05) is 6.07 Å². The minimum absolute atomic E-state index is 0. The molecule has 0 spiro atoms. The summed E-state index contributed by atoms with van der Waals surface area (Å²) in [5.41, 5.74) is -0.203. The van der Waals surface area contributed by atoms with Crippen molar-refractivity contribution in [3.8, 4) is 5.75 Å². The molecular formula is C20H28F3IN6O2. The van der Waals surface area contributed by atoms with Gasteiger partial charge in [-0.3, -0.25) is 4.99 Å². The third kappa shape index (κ3) is 10.3. The van der Waals surface area contributed by atoms with Crippen LogP contribution in [0.15, 0.2) is 41.5 Å². The van der Waals surface area contributed by atoms with Crippen molar-refractivity contribution in [1.29, 1.82) is 0 Å². The molecule has 0 radical (unpaired) electrons. The highest BCUT2D eigenvalue weighted by Gasteiger charge is 2.32. The van der Waals surface area contributed by atoms with Gasteiger partial charge in [-0.15, -0.1) is 24.0 Å². The largest absolute Gasteiger partial charge is 0.493 e. The topological polar surface area (TPSA) is 92.7 Å². The second-order valence-electron chi connectivity index (χ2n) is 6.30. The zero-order valence-corrected chi connectivity index (χ0v) is 20.2. The number of guanidine groups is 1. The van der Waals surface area contributed by atoms with Crippen molar-refractivity contribution in [3.05, 3.63) is 42.2 Å². The maximum Gasteiger partial charge on any atom is 0.433 e. The number of hydrogen-bond acceptors (Lipinski definition) is 6. The Labute approximate surface area is 202 Å². The highest BCUT2D eigenvalue weighted by Crippen LogP contribution is 2.27. The van der Waals surface area contributed by atoms with Gasteiger partial charge in [0.2, 0.25) is 5.95 Å². The number of anilines is 2. The van der Waals surface area contributed by atoms with Crippen molar-refractivity contribution in [2.24, 2.45) is 4.99 Å². The van der Waals surface area contributed by atoms with Crippen LogP contribution in [0.5, 0.6) is 5.75 Å². The smallest absolute Gasteiger partial charge is 0.433 e. The average Bonchev–Trinajstić information content (AvgIpc) is 2.74. The van der Waals surface area contributed by atoms with Crippen LogP contribution >= 0.6 is 24.0 Å². The normalized spacial score (nSPS) is 11.5. The molecule has 0 aliphatic heterocycles. The molecule has 0 unspecified atom stereocenters. The van der Waals surface area contributed by atoms with Gasteiger partial charge in [-0.25, -0.2) is 9.97 Å². The fourth-order valence-electron chi connectivity index (χ4n) is 2.44. The van der Waals surface area contributed by atoms with Gasteiger partial charge in [0.15, 0.2) is 5.96 Å². The van der Waals surface area contributed by atoms with Crippen molar-refractivity contribution < 1.29 is 22.6 Å². The summed E-state index contributed by atoms with van der Waals surface area (Å²) in [7, 11) is 1.65. The van der Waals surface area contributed by atoms with Gasteiger partial charge in [-0.2, -0.15) is 13.2 Å². The van der Waals surface area contributed by atoms with Crippen LogP contribution in [-0.4, -0.2) is 55.9 Å². The van der Waals surface area contributed by atoms with Crippen LogP contribution in [0.1, 0.15) is 19.0 Å². The Balaban J connectivity index is 0.00000512. The fourth-order valence-corrected chi connectivity index (χ4v) is 2.44. The number of rotatable bonds is 11. The molecule has 0 aliphatic carbocycles. The zero-order valence-electron chi connectivity index (χ0n) is 17.9. The van der Waals surface area contributed by atoms with Crippen molar-refractivity contribution in [2.75, 3.05) is 50.6 Å². The first-order valence-corrected chi connectivity index (χ1v) is 9.83. The monoisotopic (exact) mass is 568 g/mol. The molecule has 8 nitrogen and oxygen atoms in total. The number of benzene rings is 1. The van der Waals surface area contributed by atoms with Crippen LogP contribution in [0.4, 0.5) is 24.8 Å². The summed E-state index contributed by atoms with van der Waals surface area (Å²) in [6.07, 6.45) is -2.65. The van der Waals surface area contributed by atoms with Crippen LogP contribution in [0.25, 0.3) is 0 Å². The number of halogens is 4. The molecular weight excluding hydrogens is 540 g/mol. The molecule has 0 fully saturated rings. The number of alkyl halides is 3. The van der Waals surface area contributed by atoms with Crippen molar-refractivity contribution >= 4 is 41.6 Å². The highest BCUT2D eigenvalue weighted by atomic mass is 127. The Bertz CT molecular complexity index is 839. The maximum absolute atomic E-state index is 12.7. The molecule has 0 aliphatic rings. The number of nitrogens with zero attached hydrogens (tertiary/aromatic N) is 3. The van der Waals surface area contributed by atoms with E-state index in [2.05, 4.69) is 30.9 Å². The van der Waals surface area contributed by atoms with Crippen molar-refractivity contribution in [3.63, 3.8) is 0 Å². The molecule has 1 aromatic carbocycles. The van der Waals surface area contributed by atoms with E-state index in [4.69, 9.17) is 9.47 Å². The quantitative estimate of drug-likeness (QED) is 0.163. The second kappa shape index (κ2) is 14.7. The summed E-state index contributed by atoms with van der Waals surface area (Å²) in [4.78, 5) is 11.7.